The Morgan fingerprint density at radius 1 is 1.30 bits per heavy atom. The molecule has 0 saturated heterocycles. The third-order valence-corrected chi connectivity index (χ3v) is 4.38. The molecule has 0 saturated carbocycles. The first-order valence-corrected chi connectivity index (χ1v) is 6.99. The summed E-state index contributed by atoms with van der Waals surface area (Å²) in [4.78, 5) is 16.6. The fourth-order valence-electron chi connectivity index (χ4n) is 3.36. The molecule has 0 unspecified atom stereocenters. The Morgan fingerprint density at radius 2 is 2.00 bits per heavy atom. The minimum Gasteiger partial charge on any atom is -0.478 e. The number of carboxylic acids is 1. The molecule has 3 rings (SSSR count). The van der Waals surface area contributed by atoms with Crippen molar-refractivity contribution >= 4 is 16.9 Å². The molecule has 1 aliphatic carbocycles. The zero-order valence-electron chi connectivity index (χ0n) is 12.4. The number of aromatic nitrogens is 1. The predicted octanol–water partition coefficient (Wildman–Crippen LogP) is 3.77. The number of aryl methyl sites for hydroxylation is 2. The van der Waals surface area contributed by atoms with E-state index >= 15 is 0 Å². The minimum absolute atomic E-state index is 0.0367. The van der Waals surface area contributed by atoms with Crippen LogP contribution in [-0.4, -0.2) is 16.1 Å². The highest BCUT2D eigenvalue weighted by Gasteiger charge is 2.35. The number of aromatic carboxylic acids is 1. The molecule has 0 amide bonds. The zero-order chi connectivity index (χ0) is 14.7. The second-order valence-electron chi connectivity index (χ2n) is 6.48. The summed E-state index contributed by atoms with van der Waals surface area (Å²) in [6, 6.07) is 4.01. The first-order valence-electron chi connectivity index (χ1n) is 6.99. The number of hydrogen-bond donors (Lipinski definition) is 1. The first-order chi connectivity index (χ1) is 9.31. The fraction of sp³-hybridized carbons (Fsp3) is 0.412. The number of nitrogens with zero attached hydrogens (tertiary/aromatic N) is 1. The quantitative estimate of drug-likeness (QED) is 0.857. The number of fused-ring (bicyclic) bond motifs is 2. The lowest BCUT2D eigenvalue weighted by Crippen LogP contribution is -2.15. The molecular weight excluding hydrogens is 250 g/mol. The van der Waals surface area contributed by atoms with Crippen LogP contribution in [0, 0.1) is 13.8 Å². The van der Waals surface area contributed by atoms with Crippen molar-refractivity contribution in [3.8, 4) is 0 Å². The smallest absolute Gasteiger partial charge is 0.336 e. The van der Waals surface area contributed by atoms with Gasteiger partial charge in [0.05, 0.1) is 16.8 Å². The number of carboxylic acid groups (broad SMARTS) is 1. The van der Waals surface area contributed by atoms with Crippen LogP contribution < -0.4 is 0 Å². The summed E-state index contributed by atoms with van der Waals surface area (Å²) in [5.41, 5.74) is 5.29. The minimum atomic E-state index is -0.837. The average Bonchev–Trinajstić information content (AvgIpc) is 2.62. The molecule has 1 N–H and O–H groups in total. The maximum Gasteiger partial charge on any atom is 0.336 e. The molecule has 2 aromatic rings. The van der Waals surface area contributed by atoms with Crippen molar-refractivity contribution in [1.29, 1.82) is 0 Å². The van der Waals surface area contributed by atoms with Gasteiger partial charge in [0.2, 0.25) is 0 Å². The summed E-state index contributed by atoms with van der Waals surface area (Å²) >= 11 is 0. The average molecular weight is 269 g/mol. The van der Waals surface area contributed by atoms with Crippen molar-refractivity contribution < 1.29 is 9.90 Å². The Balaban J connectivity index is 2.51. The molecule has 3 nitrogen and oxygen atoms in total. The third-order valence-electron chi connectivity index (χ3n) is 4.38. The van der Waals surface area contributed by atoms with Crippen LogP contribution in [0.3, 0.4) is 0 Å². The molecule has 0 radical (unpaired) electrons. The molecule has 0 bridgehead atoms. The molecule has 20 heavy (non-hydrogen) atoms. The van der Waals surface area contributed by atoms with Gasteiger partial charge in [0.1, 0.15) is 0 Å². The number of pyridine rings is 1. The number of carbonyl (C=O) groups is 1. The van der Waals surface area contributed by atoms with Crippen molar-refractivity contribution in [2.24, 2.45) is 0 Å². The topological polar surface area (TPSA) is 50.2 Å². The van der Waals surface area contributed by atoms with E-state index in [0.717, 1.165) is 46.1 Å². The van der Waals surface area contributed by atoms with Gasteiger partial charge in [-0.15, -0.1) is 0 Å². The Hall–Kier alpha value is -1.90. The van der Waals surface area contributed by atoms with E-state index in [1.165, 1.54) is 0 Å². The molecule has 1 heterocycles. The van der Waals surface area contributed by atoms with E-state index in [0.29, 0.717) is 5.56 Å². The molecule has 1 aromatic heterocycles. The van der Waals surface area contributed by atoms with Gasteiger partial charge in [-0.2, -0.15) is 0 Å². The molecule has 0 aliphatic heterocycles. The Kier molecular flexibility index (Phi) is 2.65. The summed E-state index contributed by atoms with van der Waals surface area (Å²) in [5, 5.41) is 10.5. The molecule has 0 atom stereocenters. The number of rotatable bonds is 1. The predicted molar refractivity (Wildman–Crippen MR) is 79.5 cm³/mol. The van der Waals surface area contributed by atoms with Gasteiger partial charge in [0.25, 0.3) is 0 Å². The summed E-state index contributed by atoms with van der Waals surface area (Å²) in [6.45, 7) is 8.29. The lowest BCUT2D eigenvalue weighted by atomic mass is 9.89. The van der Waals surface area contributed by atoms with Crippen molar-refractivity contribution in [2.45, 2.75) is 46.0 Å². The number of benzene rings is 1. The second kappa shape index (κ2) is 4.05. The van der Waals surface area contributed by atoms with Gasteiger partial charge in [-0.25, -0.2) is 4.79 Å². The van der Waals surface area contributed by atoms with Crippen LogP contribution in [0.25, 0.3) is 10.9 Å². The van der Waals surface area contributed by atoms with Gasteiger partial charge in [-0.05, 0) is 43.9 Å². The van der Waals surface area contributed by atoms with Gasteiger partial charge in [-0.3, -0.25) is 4.98 Å². The zero-order valence-corrected chi connectivity index (χ0v) is 12.4. The van der Waals surface area contributed by atoms with Gasteiger partial charge in [0.15, 0.2) is 0 Å². The van der Waals surface area contributed by atoms with E-state index in [-0.39, 0.29) is 5.41 Å². The van der Waals surface area contributed by atoms with E-state index in [1.807, 2.05) is 19.9 Å². The summed E-state index contributed by atoms with van der Waals surface area (Å²) < 4.78 is 0. The highest BCUT2D eigenvalue weighted by molar-refractivity contribution is 6.05. The van der Waals surface area contributed by atoms with Crippen molar-refractivity contribution in [3.05, 3.63) is 40.1 Å². The lowest BCUT2D eigenvalue weighted by Gasteiger charge is -2.19. The molecular formula is C17H19NO2. The van der Waals surface area contributed by atoms with Crippen LogP contribution in [0.2, 0.25) is 0 Å². The molecule has 104 valence electrons. The molecule has 0 fully saturated rings. The maximum absolute atomic E-state index is 11.8. The standard InChI is InChI=1S/C17H19NO2/c1-9-7-10(2)14-12(8-9)13(16(19)20)11-5-6-17(3,4)15(11)18-14/h7-8H,5-6H2,1-4H3,(H,19,20). The van der Waals surface area contributed by atoms with Crippen molar-refractivity contribution in [2.75, 3.05) is 0 Å². The Morgan fingerprint density at radius 3 is 2.65 bits per heavy atom. The lowest BCUT2D eigenvalue weighted by molar-refractivity contribution is 0.0698. The van der Waals surface area contributed by atoms with Crippen molar-refractivity contribution in [3.63, 3.8) is 0 Å². The number of hydrogen-bond acceptors (Lipinski definition) is 2. The van der Waals surface area contributed by atoms with E-state index in [9.17, 15) is 9.90 Å². The first kappa shape index (κ1) is 13.1. The third kappa shape index (κ3) is 1.73. The monoisotopic (exact) mass is 269 g/mol. The van der Waals surface area contributed by atoms with E-state index in [4.69, 9.17) is 4.98 Å². The van der Waals surface area contributed by atoms with Crippen LogP contribution in [0.1, 0.15) is 53.0 Å². The van der Waals surface area contributed by atoms with Crippen LogP contribution in [0.5, 0.6) is 0 Å². The highest BCUT2D eigenvalue weighted by Crippen LogP contribution is 2.41. The summed E-state index contributed by atoms with van der Waals surface area (Å²) in [7, 11) is 0. The van der Waals surface area contributed by atoms with Crippen LogP contribution in [0.15, 0.2) is 12.1 Å². The van der Waals surface area contributed by atoms with Gasteiger partial charge in [-0.1, -0.05) is 25.5 Å². The molecule has 3 heteroatoms. The SMILES string of the molecule is Cc1cc(C)c2nc3c(c(C(=O)O)c2c1)CCC3(C)C. The van der Waals surface area contributed by atoms with Gasteiger partial charge in [0, 0.05) is 10.8 Å². The molecule has 1 aromatic carbocycles. The van der Waals surface area contributed by atoms with Crippen LogP contribution in [0.4, 0.5) is 0 Å². The summed E-state index contributed by atoms with van der Waals surface area (Å²) in [6.07, 6.45) is 1.77. The van der Waals surface area contributed by atoms with Crippen molar-refractivity contribution in [1.82, 2.24) is 4.98 Å². The van der Waals surface area contributed by atoms with Gasteiger partial charge >= 0.3 is 5.97 Å². The van der Waals surface area contributed by atoms with Crippen LogP contribution >= 0.6 is 0 Å². The van der Waals surface area contributed by atoms with E-state index in [1.54, 1.807) is 0 Å². The highest BCUT2D eigenvalue weighted by atomic mass is 16.4. The normalized spacial score (nSPS) is 16.4. The Bertz CT molecular complexity index is 744. The molecule has 1 aliphatic rings. The van der Waals surface area contributed by atoms with Crippen LogP contribution in [-0.2, 0) is 11.8 Å². The fourth-order valence-corrected chi connectivity index (χ4v) is 3.36. The maximum atomic E-state index is 11.8. The second-order valence-corrected chi connectivity index (χ2v) is 6.48. The van der Waals surface area contributed by atoms with E-state index < -0.39 is 5.97 Å². The van der Waals surface area contributed by atoms with E-state index in [2.05, 4.69) is 19.9 Å². The Labute approximate surface area is 118 Å². The molecule has 0 spiro atoms. The summed E-state index contributed by atoms with van der Waals surface area (Å²) in [5.74, 6) is -0.837. The van der Waals surface area contributed by atoms with Gasteiger partial charge < -0.3 is 5.11 Å². The largest absolute Gasteiger partial charge is 0.478 e.